The molecule has 4 heterocycles. The molecule has 1 saturated heterocycles. The molecule has 156 valence electrons. The highest BCUT2D eigenvalue weighted by Gasteiger charge is 2.39. The Labute approximate surface area is 169 Å². The molecule has 3 aromatic rings. The third-order valence-electron chi connectivity index (χ3n) is 5.46. The summed E-state index contributed by atoms with van der Waals surface area (Å²) < 4.78 is 50.7. The Morgan fingerprint density at radius 2 is 2.03 bits per heavy atom. The van der Waals surface area contributed by atoms with Gasteiger partial charge in [-0.1, -0.05) is 12.1 Å². The van der Waals surface area contributed by atoms with Crippen LogP contribution in [0.5, 0.6) is 5.75 Å². The third-order valence-corrected chi connectivity index (χ3v) is 5.46. The smallest absolute Gasteiger partial charge is 0.431 e. The van der Waals surface area contributed by atoms with Gasteiger partial charge in [-0.2, -0.15) is 13.2 Å². The predicted octanol–water partition coefficient (Wildman–Crippen LogP) is 3.19. The first-order chi connectivity index (χ1) is 14.4. The molecule has 2 aliphatic heterocycles. The summed E-state index contributed by atoms with van der Waals surface area (Å²) >= 11 is 0. The molecule has 1 aromatic carbocycles. The summed E-state index contributed by atoms with van der Waals surface area (Å²) in [5.41, 5.74) is 0.722. The fourth-order valence-corrected chi connectivity index (χ4v) is 3.80. The number of likely N-dealkylation sites (tertiary alicyclic amines) is 1. The van der Waals surface area contributed by atoms with Crippen molar-refractivity contribution in [2.24, 2.45) is 4.99 Å². The number of alkyl halides is 3. The minimum Gasteiger partial charge on any atom is -0.491 e. The summed E-state index contributed by atoms with van der Waals surface area (Å²) in [4.78, 5) is 17.3. The number of halogens is 3. The molecule has 5 rings (SSSR count). The van der Waals surface area contributed by atoms with E-state index in [9.17, 15) is 13.2 Å². The van der Waals surface area contributed by atoms with Crippen molar-refractivity contribution in [3.8, 4) is 5.75 Å². The van der Waals surface area contributed by atoms with Crippen molar-refractivity contribution in [1.29, 1.82) is 0 Å². The lowest BCUT2D eigenvalue weighted by atomic mass is 9.95. The lowest BCUT2D eigenvalue weighted by Gasteiger charge is -2.45. The van der Waals surface area contributed by atoms with E-state index in [1.165, 1.54) is 6.33 Å². The molecule has 0 saturated carbocycles. The fraction of sp³-hybridized carbons (Fsp3) is 0.350. The first kappa shape index (κ1) is 19.0. The summed E-state index contributed by atoms with van der Waals surface area (Å²) in [6, 6.07) is 8.33. The van der Waals surface area contributed by atoms with Crippen LogP contribution in [-0.4, -0.2) is 64.5 Å². The van der Waals surface area contributed by atoms with Crippen LogP contribution >= 0.6 is 0 Å². The highest BCUT2D eigenvalue weighted by Crippen LogP contribution is 2.35. The minimum absolute atomic E-state index is 0.0944. The lowest BCUT2D eigenvalue weighted by Crippen LogP contribution is -2.61. The van der Waals surface area contributed by atoms with Crippen molar-refractivity contribution in [2.45, 2.75) is 18.3 Å². The summed E-state index contributed by atoms with van der Waals surface area (Å²) in [5, 5.41) is 0.221. The summed E-state index contributed by atoms with van der Waals surface area (Å²) in [6.45, 7) is 1.85. The number of nitrogens with zero attached hydrogens (tertiary/aromatic N) is 4. The van der Waals surface area contributed by atoms with Crippen LogP contribution in [0.1, 0.15) is 11.3 Å². The monoisotopic (exact) mass is 417 g/mol. The number of hydrogen-bond donors (Lipinski definition) is 1. The summed E-state index contributed by atoms with van der Waals surface area (Å²) in [5.74, 6) is 0.874. The van der Waals surface area contributed by atoms with Gasteiger partial charge >= 0.3 is 6.18 Å². The number of methoxy groups -OCH3 is 1. The number of hydrogen-bond acceptors (Lipinski definition) is 6. The van der Waals surface area contributed by atoms with Gasteiger partial charge in [0.1, 0.15) is 30.0 Å². The second-order valence-corrected chi connectivity index (χ2v) is 7.27. The molecule has 0 unspecified atom stereocenters. The molecule has 1 atom stereocenters. The molecule has 1 N–H and O–H groups in total. The summed E-state index contributed by atoms with van der Waals surface area (Å²) in [6.07, 6.45) is -3.15. The Hall–Kier alpha value is -2.98. The molecule has 0 aliphatic carbocycles. The number of nitrogens with one attached hydrogen (secondary N) is 1. The topological polar surface area (TPSA) is 75.6 Å². The average Bonchev–Trinajstić information content (AvgIpc) is 3.14. The highest BCUT2D eigenvalue weighted by atomic mass is 19.4. The van der Waals surface area contributed by atoms with E-state index in [-0.39, 0.29) is 29.0 Å². The third kappa shape index (κ3) is 3.21. The number of benzene rings is 1. The Kier molecular flexibility index (Phi) is 4.48. The van der Waals surface area contributed by atoms with Gasteiger partial charge in [0.05, 0.1) is 23.2 Å². The van der Waals surface area contributed by atoms with E-state index in [4.69, 9.17) is 14.5 Å². The van der Waals surface area contributed by atoms with Gasteiger partial charge in [-0.05, 0) is 18.2 Å². The van der Waals surface area contributed by atoms with Crippen molar-refractivity contribution in [3.63, 3.8) is 0 Å². The minimum atomic E-state index is -4.51. The average molecular weight is 417 g/mol. The number of aromatic nitrogens is 3. The zero-order valence-corrected chi connectivity index (χ0v) is 16.0. The molecule has 1 fully saturated rings. The van der Waals surface area contributed by atoms with Gasteiger partial charge in [-0.25, -0.2) is 15.0 Å². The fourth-order valence-electron chi connectivity index (χ4n) is 3.80. The van der Waals surface area contributed by atoms with Crippen LogP contribution in [-0.2, 0) is 10.9 Å². The molecule has 0 bridgehead atoms. The van der Waals surface area contributed by atoms with Crippen LogP contribution in [0.4, 0.5) is 19.0 Å². The second kappa shape index (κ2) is 7.06. The van der Waals surface area contributed by atoms with Gasteiger partial charge < -0.3 is 14.5 Å². The molecule has 30 heavy (non-hydrogen) atoms. The normalized spacial score (nSPS) is 21.5. The van der Waals surface area contributed by atoms with Gasteiger partial charge in [0.15, 0.2) is 5.82 Å². The van der Waals surface area contributed by atoms with E-state index in [2.05, 4.69) is 19.9 Å². The molecular weight excluding hydrogens is 399 g/mol. The Morgan fingerprint density at radius 3 is 2.80 bits per heavy atom. The van der Waals surface area contributed by atoms with E-state index in [1.54, 1.807) is 7.11 Å². The standard InChI is InChI=1S/C20H18F3N5O2/c1-29-11-7-28(8-11)14-9-30-15-5-3-2-4-12(15)17(14)27-19-13-6-16(20(21,22)23)26-18(13)24-10-25-19/h2-6,10-11,14H,7-9H2,1H3,(H,24,25,26)/t14-/m1/s1. The zero-order valence-electron chi connectivity index (χ0n) is 16.0. The van der Waals surface area contributed by atoms with Crippen molar-refractivity contribution in [3.05, 3.63) is 47.9 Å². The van der Waals surface area contributed by atoms with E-state index >= 15 is 0 Å². The molecule has 2 aliphatic rings. The maximum absolute atomic E-state index is 13.2. The number of aliphatic imine (C=N–C) groups is 1. The number of ether oxygens (including phenoxy) is 2. The number of fused-ring (bicyclic) bond motifs is 2. The molecule has 10 heteroatoms. The zero-order chi connectivity index (χ0) is 20.9. The number of H-pyrrole nitrogens is 1. The molecule has 0 spiro atoms. The van der Waals surface area contributed by atoms with Crippen LogP contribution in [0, 0.1) is 0 Å². The molecular formula is C20H18F3N5O2. The number of para-hydroxylation sites is 1. The maximum atomic E-state index is 13.2. The van der Waals surface area contributed by atoms with Gasteiger partial charge in [-0.3, -0.25) is 4.90 Å². The Morgan fingerprint density at radius 1 is 1.23 bits per heavy atom. The second-order valence-electron chi connectivity index (χ2n) is 7.27. The first-order valence-electron chi connectivity index (χ1n) is 9.42. The van der Waals surface area contributed by atoms with Crippen molar-refractivity contribution < 1.29 is 22.6 Å². The Bertz CT molecular complexity index is 1120. The number of rotatable bonds is 3. The molecule has 0 radical (unpaired) electrons. The van der Waals surface area contributed by atoms with E-state index in [0.29, 0.717) is 18.1 Å². The van der Waals surface area contributed by atoms with Crippen LogP contribution in [0.25, 0.3) is 11.0 Å². The Balaban J connectivity index is 1.61. The van der Waals surface area contributed by atoms with Crippen molar-refractivity contribution in [1.82, 2.24) is 19.9 Å². The van der Waals surface area contributed by atoms with E-state index < -0.39 is 11.9 Å². The van der Waals surface area contributed by atoms with Gasteiger partial charge in [-0.15, -0.1) is 0 Å². The quantitative estimate of drug-likeness (QED) is 0.709. The van der Waals surface area contributed by atoms with Gasteiger partial charge in [0.25, 0.3) is 0 Å². The van der Waals surface area contributed by atoms with E-state index in [1.807, 2.05) is 24.3 Å². The molecule has 7 nitrogen and oxygen atoms in total. The predicted molar refractivity (Wildman–Crippen MR) is 103 cm³/mol. The van der Waals surface area contributed by atoms with Gasteiger partial charge in [0.2, 0.25) is 0 Å². The molecule has 0 amide bonds. The number of aromatic amines is 1. The van der Waals surface area contributed by atoms with Crippen LogP contribution in [0.15, 0.2) is 41.7 Å². The first-order valence-corrected chi connectivity index (χ1v) is 9.42. The van der Waals surface area contributed by atoms with Crippen molar-refractivity contribution in [2.75, 3.05) is 26.8 Å². The van der Waals surface area contributed by atoms with Crippen LogP contribution < -0.4 is 4.74 Å². The highest BCUT2D eigenvalue weighted by molar-refractivity contribution is 6.09. The maximum Gasteiger partial charge on any atom is 0.431 e. The summed E-state index contributed by atoms with van der Waals surface area (Å²) in [7, 11) is 1.67. The van der Waals surface area contributed by atoms with Crippen LogP contribution in [0.2, 0.25) is 0 Å². The van der Waals surface area contributed by atoms with E-state index in [0.717, 1.165) is 24.7 Å². The SMILES string of the molecule is COC1CN([C@@H]2COc3ccccc3C2=Nc2ncnc3[nH]c(C(F)(F)F)cc23)C1. The van der Waals surface area contributed by atoms with Crippen molar-refractivity contribution >= 4 is 22.6 Å². The largest absolute Gasteiger partial charge is 0.491 e. The van der Waals surface area contributed by atoms with Crippen LogP contribution in [0.3, 0.4) is 0 Å². The van der Waals surface area contributed by atoms with Gasteiger partial charge in [0, 0.05) is 25.8 Å². The molecule has 2 aromatic heterocycles. The lowest BCUT2D eigenvalue weighted by molar-refractivity contribution is -0.140.